The van der Waals surface area contributed by atoms with Gasteiger partial charge in [-0.05, 0) is 39.2 Å². The van der Waals surface area contributed by atoms with E-state index in [-0.39, 0.29) is 12.3 Å². The lowest BCUT2D eigenvalue weighted by molar-refractivity contribution is -0.133. The van der Waals surface area contributed by atoms with Crippen LogP contribution in [0.15, 0.2) is 30.3 Å². The lowest BCUT2D eigenvalue weighted by Gasteiger charge is -2.27. The zero-order valence-electron chi connectivity index (χ0n) is 19.7. The lowest BCUT2D eigenvalue weighted by atomic mass is 9.97. The van der Waals surface area contributed by atoms with Gasteiger partial charge in [-0.15, -0.1) is 0 Å². The molecule has 0 spiro atoms. The molecule has 178 valence electrons. The highest BCUT2D eigenvalue weighted by molar-refractivity contribution is 5.93. The third-order valence-electron chi connectivity index (χ3n) is 4.86. The van der Waals surface area contributed by atoms with Crippen molar-refractivity contribution in [2.75, 3.05) is 0 Å². The minimum absolute atomic E-state index is 0.224. The molecule has 0 unspecified atom stereocenters. The molecule has 4 amide bonds. The van der Waals surface area contributed by atoms with Crippen molar-refractivity contribution >= 4 is 23.8 Å². The molecule has 5 N–H and O–H groups in total. The predicted molar refractivity (Wildman–Crippen MR) is 121 cm³/mol. The van der Waals surface area contributed by atoms with Crippen molar-refractivity contribution in [3.05, 3.63) is 35.9 Å². The zero-order valence-corrected chi connectivity index (χ0v) is 19.7. The third-order valence-corrected chi connectivity index (χ3v) is 4.86. The second kappa shape index (κ2) is 12.1. The van der Waals surface area contributed by atoms with Crippen LogP contribution >= 0.6 is 0 Å². The van der Waals surface area contributed by atoms with Crippen LogP contribution in [0.2, 0.25) is 0 Å². The molecule has 0 radical (unpaired) electrons. The number of ether oxygens (including phenoxy) is 1. The van der Waals surface area contributed by atoms with Crippen molar-refractivity contribution in [3.8, 4) is 0 Å². The Morgan fingerprint density at radius 3 is 2.06 bits per heavy atom. The molecule has 0 aromatic heterocycles. The summed E-state index contributed by atoms with van der Waals surface area (Å²) in [5.41, 5.74) is 5.63. The lowest BCUT2D eigenvalue weighted by Crippen LogP contribution is -2.58. The molecule has 0 saturated carbocycles. The van der Waals surface area contributed by atoms with E-state index < -0.39 is 47.5 Å². The molecule has 0 aliphatic rings. The molecule has 0 saturated heterocycles. The molecule has 9 heteroatoms. The number of nitrogens with two attached hydrogens (primary N) is 1. The van der Waals surface area contributed by atoms with Gasteiger partial charge in [0, 0.05) is 6.42 Å². The highest BCUT2D eigenvalue weighted by atomic mass is 16.6. The van der Waals surface area contributed by atoms with E-state index in [0.717, 1.165) is 5.56 Å². The maximum Gasteiger partial charge on any atom is 0.408 e. The van der Waals surface area contributed by atoms with Crippen LogP contribution < -0.4 is 21.7 Å². The van der Waals surface area contributed by atoms with Crippen molar-refractivity contribution in [1.29, 1.82) is 0 Å². The van der Waals surface area contributed by atoms with Crippen LogP contribution in [0.3, 0.4) is 0 Å². The Hall–Kier alpha value is -3.10. The number of rotatable bonds is 10. The van der Waals surface area contributed by atoms with Crippen LogP contribution in [-0.2, 0) is 25.5 Å². The summed E-state index contributed by atoms with van der Waals surface area (Å²) >= 11 is 0. The molecule has 1 rings (SSSR count). The summed E-state index contributed by atoms with van der Waals surface area (Å²) in [5, 5.41) is 7.78. The summed E-state index contributed by atoms with van der Waals surface area (Å²) in [6.07, 6.45) is 0.104. The Bertz CT molecular complexity index is 791. The van der Waals surface area contributed by atoms with Crippen LogP contribution in [0, 0.1) is 5.92 Å². The molecule has 1 aromatic rings. The average Bonchev–Trinajstić information content (AvgIpc) is 2.69. The summed E-state index contributed by atoms with van der Waals surface area (Å²) in [6, 6.07) is 6.41. The van der Waals surface area contributed by atoms with Gasteiger partial charge in [-0.25, -0.2) is 4.79 Å². The van der Waals surface area contributed by atoms with Gasteiger partial charge in [0.1, 0.15) is 23.7 Å². The molecule has 32 heavy (non-hydrogen) atoms. The van der Waals surface area contributed by atoms with E-state index in [0.29, 0.717) is 6.42 Å². The molecule has 0 aliphatic carbocycles. The largest absolute Gasteiger partial charge is 0.444 e. The molecule has 4 atom stereocenters. The maximum atomic E-state index is 13.0. The first-order valence-electron chi connectivity index (χ1n) is 10.8. The minimum atomic E-state index is -0.930. The third kappa shape index (κ3) is 9.36. The van der Waals surface area contributed by atoms with Gasteiger partial charge < -0.3 is 26.4 Å². The van der Waals surface area contributed by atoms with Gasteiger partial charge in [-0.2, -0.15) is 0 Å². The van der Waals surface area contributed by atoms with Crippen molar-refractivity contribution in [3.63, 3.8) is 0 Å². The molecule has 1 aromatic carbocycles. The van der Waals surface area contributed by atoms with E-state index in [9.17, 15) is 19.2 Å². The quantitative estimate of drug-likeness (QED) is 0.431. The topological polar surface area (TPSA) is 140 Å². The van der Waals surface area contributed by atoms with E-state index >= 15 is 0 Å². The number of primary amides is 1. The van der Waals surface area contributed by atoms with Gasteiger partial charge in [0.25, 0.3) is 0 Å². The van der Waals surface area contributed by atoms with Crippen LogP contribution in [0.4, 0.5) is 4.79 Å². The molecule has 9 nitrogen and oxygen atoms in total. The number of carbonyl (C=O) groups excluding carboxylic acids is 4. The number of amides is 4. The average molecular weight is 449 g/mol. The van der Waals surface area contributed by atoms with Gasteiger partial charge >= 0.3 is 6.09 Å². The number of carbonyl (C=O) groups is 4. The second-order valence-corrected chi connectivity index (χ2v) is 8.89. The maximum absolute atomic E-state index is 13.0. The summed E-state index contributed by atoms with van der Waals surface area (Å²) in [4.78, 5) is 49.5. The summed E-state index contributed by atoms with van der Waals surface area (Å²) < 4.78 is 5.15. The van der Waals surface area contributed by atoms with E-state index in [1.54, 1.807) is 20.8 Å². The van der Waals surface area contributed by atoms with Crippen LogP contribution in [-0.4, -0.2) is 47.5 Å². The number of hydrogen-bond donors (Lipinski definition) is 4. The van der Waals surface area contributed by atoms with Crippen molar-refractivity contribution in [1.82, 2.24) is 16.0 Å². The van der Waals surface area contributed by atoms with E-state index in [2.05, 4.69) is 16.0 Å². The number of benzene rings is 1. The molecule has 0 bridgehead atoms. The molecule has 0 fully saturated rings. The van der Waals surface area contributed by atoms with Crippen molar-refractivity contribution in [2.45, 2.75) is 78.1 Å². The van der Waals surface area contributed by atoms with Gasteiger partial charge in [-0.1, -0.05) is 50.6 Å². The van der Waals surface area contributed by atoms with Gasteiger partial charge in [-0.3, -0.25) is 14.4 Å². The zero-order chi connectivity index (χ0) is 24.5. The van der Waals surface area contributed by atoms with Crippen molar-refractivity contribution < 1.29 is 23.9 Å². The highest BCUT2D eigenvalue weighted by Gasteiger charge is 2.31. The summed E-state index contributed by atoms with van der Waals surface area (Å²) in [6.45, 7) is 10.3. The Morgan fingerprint density at radius 1 is 0.969 bits per heavy atom. The molecular formula is C23H36N4O5. The monoisotopic (exact) mass is 448 g/mol. The molecular weight excluding hydrogens is 412 g/mol. The van der Waals surface area contributed by atoms with Gasteiger partial charge in [0.05, 0.1) is 0 Å². The predicted octanol–water partition coefficient (Wildman–Crippen LogP) is 1.64. The Morgan fingerprint density at radius 2 is 1.56 bits per heavy atom. The Kier molecular flexibility index (Phi) is 10.2. The minimum Gasteiger partial charge on any atom is -0.444 e. The fraction of sp³-hybridized carbons (Fsp3) is 0.565. The van der Waals surface area contributed by atoms with E-state index in [1.165, 1.54) is 6.92 Å². The molecule has 0 aliphatic heterocycles. The fourth-order valence-electron chi connectivity index (χ4n) is 2.86. The second-order valence-electron chi connectivity index (χ2n) is 8.89. The Labute approximate surface area is 189 Å². The number of nitrogens with one attached hydrogen (secondary N) is 3. The fourth-order valence-corrected chi connectivity index (χ4v) is 2.86. The van der Waals surface area contributed by atoms with E-state index in [1.807, 2.05) is 44.2 Å². The summed E-state index contributed by atoms with van der Waals surface area (Å²) in [5.74, 6) is -1.96. The standard InChI is InChI=1S/C23H36N4O5/c1-7-14(2)18(27-20(29)15(3)25-22(31)32-23(4,5)6)21(30)26-17(19(24)28)13-16-11-9-8-10-12-16/h8-12,14-15,17-18H,7,13H2,1-6H3,(H2,24,28)(H,25,31)(H,26,30)(H,27,29)/t14-,15-,17+,18-/m0/s1. The summed E-state index contributed by atoms with van der Waals surface area (Å²) in [7, 11) is 0. The Balaban J connectivity index is 2.85. The number of alkyl carbamates (subject to hydrolysis) is 1. The normalized spacial score (nSPS) is 14.9. The van der Waals surface area contributed by atoms with E-state index in [4.69, 9.17) is 10.5 Å². The highest BCUT2D eigenvalue weighted by Crippen LogP contribution is 2.11. The van der Waals surface area contributed by atoms with Gasteiger partial charge in [0.2, 0.25) is 17.7 Å². The molecule has 0 heterocycles. The smallest absolute Gasteiger partial charge is 0.408 e. The van der Waals surface area contributed by atoms with Crippen LogP contribution in [0.1, 0.15) is 53.5 Å². The van der Waals surface area contributed by atoms with Crippen LogP contribution in [0.5, 0.6) is 0 Å². The SMILES string of the molecule is CC[C@H](C)[C@H](NC(=O)[C@H](C)NC(=O)OC(C)(C)C)C(=O)N[C@H](Cc1ccccc1)C(N)=O. The first kappa shape index (κ1) is 26.9. The first-order chi connectivity index (χ1) is 14.8. The van der Waals surface area contributed by atoms with Gasteiger partial charge in [0.15, 0.2) is 0 Å². The first-order valence-corrected chi connectivity index (χ1v) is 10.8. The van der Waals surface area contributed by atoms with Crippen molar-refractivity contribution in [2.24, 2.45) is 11.7 Å². The van der Waals surface area contributed by atoms with Crippen LogP contribution in [0.25, 0.3) is 0 Å². The number of hydrogen-bond acceptors (Lipinski definition) is 5.